The first-order valence-electron chi connectivity index (χ1n) is 6.04. The van der Waals surface area contributed by atoms with Gasteiger partial charge in [-0.25, -0.2) is 0 Å². The van der Waals surface area contributed by atoms with Crippen molar-refractivity contribution >= 4 is 5.70 Å². The van der Waals surface area contributed by atoms with Crippen LogP contribution >= 0.6 is 0 Å². The Morgan fingerprint density at radius 1 is 1.05 bits per heavy atom. The van der Waals surface area contributed by atoms with Gasteiger partial charge in [-0.05, 0) is 35.4 Å². The maximum atomic E-state index is 5.71. The van der Waals surface area contributed by atoms with Crippen molar-refractivity contribution in [2.24, 2.45) is 0 Å². The van der Waals surface area contributed by atoms with E-state index >= 15 is 0 Å². The van der Waals surface area contributed by atoms with E-state index < -0.39 is 0 Å². The number of hydrogen-bond donors (Lipinski definition) is 1. The highest BCUT2D eigenvalue weighted by molar-refractivity contribution is 5.61. The smallest absolute Gasteiger partial charge is 0.119 e. The lowest BCUT2D eigenvalue weighted by Crippen LogP contribution is -2.08. The van der Waals surface area contributed by atoms with Gasteiger partial charge in [0.05, 0.1) is 12.8 Å². The second-order valence-electron chi connectivity index (χ2n) is 4.08. The van der Waals surface area contributed by atoms with E-state index in [1.54, 1.807) is 7.11 Å². The summed E-state index contributed by atoms with van der Waals surface area (Å²) >= 11 is 0. The first kappa shape index (κ1) is 13.2. The Morgan fingerprint density at radius 3 is 2.37 bits per heavy atom. The molecule has 0 atom stereocenters. The lowest BCUT2D eigenvalue weighted by molar-refractivity contribution is 0.137. The van der Waals surface area contributed by atoms with Crippen LogP contribution < -0.4 is 10.2 Å². The van der Waals surface area contributed by atoms with E-state index in [-0.39, 0.29) is 0 Å². The van der Waals surface area contributed by atoms with E-state index in [1.165, 1.54) is 0 Å². The van der Waals surface area contributed by atoms with Crippen molar-refractivity contribution in [3.05, 3.63) is 72.3 Å². The minimum Gasteiger partial charge on any atom is -0.489 e. The van der Waals surface area contributed by atoms with Crippen LogP contribution in [0.2, 0.25) is 0 Å². The molecule has 0 aliphatic heterocycles. The fraction of sp³-hybridized carbons (Fsp3) is 0.125. The normalized spacial score (nSPS) is 9.95. The van der Waals surface area contributed by atoms with Crippen molar-refractivity contribution in [1.29, 1.82) is 0 Å². The van der Waals surface area contributed by atoms with Gasteiger partial charge in [0, 0.05) is 0 Å². The number of hydrogen-bond acceptors (Lipinski definition) is 3. The maximum absolute atomic E-state index is 5.71. The Hall–Kier alpha value is -2.26. The highest BCUT2D eigenvalue weighted by atomic mass is 16.6. The van der Waals surface area contributed by atoms with Gasteiger partial charge in [0.2, 0.25) is 0 Å². The molecule has 0 bridgehead atoms. The monoisotopic (exact) mass is 255 g/mol. The summed E-state index contributed by atoms with van der Waals surface area (Å²) in [5.74, 6) is 0.831. The molecule has 0 amide bonds. The van der Waals surface area contributed by atoms with Crippen LogP contribution in [0.5, 0.6) is 5.75 Å². The van der Waals surface area contributed by atoms with Gasteiger partial charge in [0.25, 0.3) is 0 Å². The molecule has 2 aromatic carbocycles. The second kappa shape index (κ2) is 6.61. The van der Waals surface area contributed by atoms with Crippen molar-refractivity contribution in [3.8, 4) is 5.75 Å². The fourth-order valence-corrected chi connectivity index (χ4v) is 1.68. The molecular formula is C16H17NO2. The zero-order valence-corrected chi connectivity index (χ0v) is 10.9. The molecule has 98 valence electrons. The number of hydroxylamine groups is 1. The van der Waals surface area contributed by atoms with Crippen LogP contribution in [-0.4, -0.2) is 7.11 Å². The van der Waals surface area contributed by atoms with Crippen molar-refractivity contribution in [2.75, 3.05) is 7.11 Å². The molecule has 3 nitrogen and oxygen atoms in total. The van der Waals surface area contributed by atoms with Crippen LogP contribution in [0, 0.1) is 0 Å². The van der Waals surface area contributed by atoms with Gasteiger partial charge in [-0.15, -0.1) is 0 Å². The predicted molar refractivity (Wildman–Crippen MR) is 76.4 cm³/mol. The molecule has 0 fully saturated rings. The minimum atomic E-state index is 0.567. The van der Waals surface area contributed by atoms with Gasteiger partial charge in [-0.1, -0.05) is 36.9 Å². The molecule has 2 rings (SSSR count). The van der Waals surface area contributed by atoms with E-state index in [0.717, 1.165) is 22.6 Å². The van der Waals surface area contributed by atoms with Crippen LogP contribution in [0.25, 0.3) is 5.70 Å². The molecule has 0 unspecified atom stereocenters. The third kappa shape index (κ3) is 3.86. The van der Waals surface area contributed by atoms with E-state index in [2.05, 4.69) is 12.1 Å². The molecule has 0 aromatic heterocycles. The van der Waals surface area contributed by atoms with Crippen molar-refractivity contribution < 1.29 is 9.57 Å². The summed E-state index contributed by atoms with van der Waals surface area (Å²) in [5, 5.41) is 0. The zero-order valence-electron chi connectivity index (χ0n) is 10.9. The van der Waals surface area contributed by atoms with Crippen LogP contribution in [-0.2, 0) is 11.4 Å². The standard InChI is InChI=1S/C16H17NO2/c1-13(17-18-2)15-8-10-16(11-9-15)19-12-14-6-4-3-5-7-14/h3-11,17H,1,12H2,2H3. The van der Waals surface area contributed by atoms with E-state index in [4.69, 9.17) is 9.57 Å². The lowest BCUT2D eigenvalue weighted by Gasteiger charge is -2.09. The average molecular weight is 255 g/mol. The summed E-state index contributed by atoms with van der Waals surface area (Å²) < 4.78 is 5.71. The average Bonchev–Trinajstić information content (AvgIpc) is 2.47. The zero-order chi connectivity index (χ0) is 13.5. The third-order valence-corrected chi connectivity index (χ3v) is 2.68. The summed E-state index contributed by atoms with van der Waals surface area (Å²) in [4.78, 5) is 4.81. The van der Waals surface area contributed by atoms with Crippen LogP contribution in [0.15, 0.2) is 61.2 Å². The second-order valence-corrected chi connectivity index (χ2v) is 4.08. The molecule has 0 saturated carbocycles. The topological polar surface area (TPSA) is 30.5 Å². The first-order valence-corrected chi connectivity index (χ1v) is 6.04. The number of ether oxygens (including phenoxy) is 1. The molecule has 2 aromatic rings. The highest BCUT2D eigenvalue weighted by Crippen LogP contribution is 2.17. The van der Waals surface area contributed by atoms with E-state index in [9.17, 15) is 0 Å². The summed E-state index contributed by atoms with van der Waals surface area (Å²) in [7, 11) is 1.56. The molecular weight excluding hydrogens is 238 g/mol. The molecule has 1 N–H and O–H groups in total. The molecule has 0 aliphatic carbocycles. The van der Waals surface area contributed by atoms with Gasteiger partial charge < -0.3 is 4.74 Å². The van der Waals surface area contributed by atoms with E-state index in [1.807, 2.05) is 54.6 Å². The highest BCUT2D eigenvalue weighted by Gasteiger charge is 1.99. The number of rotatable bonds is 6. The maximum Gasteiger partial charge on any atom is 0.119 e. The van der Waals surface area contributed by atoms with Gasteiger partial charge in [0.15, 0.2) is 0 Å². The number of benzene rings is 2. The predicted octanol–water partition coefficient (Wildman–Crippen LogP) is 3.39. The molecule has 0 heterocycles. The molecule has 0 spiro atoms. The van der Waals surface area contributed by atoms with Crippen LogP contribution in [0.3, 0.4) is 0 Å². The van der Waals surface area contributed by atoms with Gasteiger partial charge in [-0.3, -0.25) is 10.3 Å². The molecule has 19 heavy (non-hydrogen) atoms. The Labute approximate surface area is 113 Å². The van der Waals surface area contributed by atoms with Gasteiger partial charge in [0.1, 0.15) is 12.4 Å². The van der Waals surface area contributed by atoms with Gasteiger partial charge >= 0.3 is 0 Å². The summed E-state index contributed by atoms with van der Waals surface area (Å²) in [6.45, 7) is 4.43. The minimum absolute atomic E-state index is 0.567. The molecule has 3 heteroatoms. The van der Waals surface area contributed by atoms with Crippen molar-refractivity contribution in [1.82, 2.24) is 5.48 Å². The van der Waals surface area contributed by atoms with E-state index in [0.29, 0.717) is 6.61 Å². The van der Waals surface area contributed by atoms with Gasteiger partial charge in [-0.2, -0.15) is 0 Å². The van der Waals surface area contributed by atoms with Crippen LogP contribution in [0.4, 0.5) is 0 Å². The lowest BCUT2D eigenvalue weighted by atomic mass is 10.2. The SMILES string of the molecule is C=C(NOC)c1ccc(OCc2ccccc2)cc1. The fourth-order valence-electron chi connectivity index (χ4n) is 1.68. The summed E-state index contributed by atoms with van der Waals surface area (Å²) in [6, 6.07) is 17.8. The van der Waals surface area contributed by atoms with Crippen molar-refractivity contribution in [3.63, 3.8) is 0 Å². The third-order valence-electron chi connectivity index (χ3n) is 2.68. The molecule has 0 saturated heterocycles. The molecule has 0 aliphatic rings. The molecule has 0 radical (unpaired) electrons. The Balaban J connectivity index is 1.94. The Bertz CT molecular complexity index is 520. The first-order chi connectivity index (χ1) is 9.29. The van der Waals surface area contributed by atoms with Crippen molar-refractivity contribution in [2.45, 2.75) is 6.61 Å². The van der Waals surface area contributed by atoms with Crippen LogP contribution in [0.1, 0.15) is 11.1 Å². The number of nitrogens with one attached hydrogen (secondary N) is 1. The summed E-state index contributed by atoms with van der Waals surface area (Å²) in [6.07, 6.45) is 0. The Morgan fingerprint density at radius 2 is 1.74 bits per heavy atom. The Kier molecular flexibility index (Phi) is 4.59. The summed E-state index contributed by atoms with van der Waals surface area (Å²) in [5.41, 5.74) is 5.54. The quantitative estimate of drug-likeness (QED) is 0.803. The largest absolute Gasteiger partial charge is 0.489 e.